The smallest absolute Gasteiger partial charge is 0.252 e. The summed E-state index contributed by atoms with van der Waals surface area (Å²) >= 11 is 0. The first-order valence-corrected chi connectivity index (χ1v) is 45.6. The Kier molecular flexibility index (Phi) is 16.3. The molecule has 7 heterocycles. The number of para-hydroxylation sites is 5. The van der Waals surface area contributed by atoms with Crippen LogP contribution in [0.5, 0.6) is 0 Å². The molecular weight excluding hydrogens is 1580 g/mol. The second kappa shape index (κ2) is 28.5. The molecule has 7 nitrogen and oxygen atoms in total. The Bertz CT molecular complexity index is 8100. The number of aromatic nitrogens is 1. The van der Waals surface area contributed by atoms with Gasteiger partial charge in [0.2, 0.25) is 0 Å². The van der Waals surface area contributed by atoms with Crippen LogP contribution < -0.4 is 27.0 Å². The van der Waals surface area contributed by atoms with Crippen LogP contribution in [0.25, 0.3) is 204 Å². The van der Waals surface area contributed by atoms with E-state index in [-0.39, 0.29) is 51.2 Å². The Morgan fingerprint density at radius 1 is 0.254 bits per heavy atom. The summed E-state index contributed by atoms with van der Waals surface area (Å²) in [5.74, 6) is 0. The molecular formula is C122H100BN3O4. The van der Waals surface area contributed by atoms with E-state index < -0.39 is 6.71 Å². The van der Waals surface area contributed by atoms with Crippen LogP contribution in [-0.4, -0.2) is 11.3 Å². The molecule has 0 unspecified atom stereocenters. The van der Waals surface area contributed by atoms with Gasteiger partial charge in [0, 0.05) is 87.7 Å². The molecule has 5 aromatic heterocycles. The topological polar surface area (TPSA) is 81.6 Å². The van der Waals surface area contributed by atoms with Crippen molar-refractivity contribution in [3.05, 3.63) is 349 Å². The van der Waals surface area contributed by atoms with Crippen LogP contribution in [-0.2, 0) is 27.1 Å². The minimum atomic E-state index is -0.576. The fraction of sp³-hybridized carbons (Fsp3) is 0.164. The van der Waals surface area contributed by atoms with Crippen LogP contribution in [0.3, 0.4) is 0 Å². The van der Waals surface area contributed by atoms with E-state index in [1.165, 1.54) is 22.3 Å². The van der Waals surface area contributed by atoms with Gasteiger partial charge < -0.3 is 32.9 Å². The fourth-order valence-corrected chi connectivity index (χ4v) is 20.8. The number of anilines is 4. The maximum Gasteiger partial charge on any atom is 0.252 e. The minimum absolute atomic E-state index is 0.0951. The quantitative estimate of drug-likeness (QED) is 0.140. The standard InChI is InChI=1S/C122H100BN3O4/c1-118(2,3)77-46-51-104-96(66-77)87-28-16-21-37-103(87)126(104)82-67-101-115-102(68-82)125-117-98(114-85(71-44-49-94-90-31-19-24-40-107(90)129-111(94)62-71)35-27-36-86(114)72-45-50-95-91-32-20-25-41-108(91)130-112(95)63-72)57-76(74-54-80(121(10,11)12)65-81(55-74)122(13,14)15)59-100(117)123(115)99-58-75(73-52-78(119(4,5)6)64-79(53-73)120(7,8)9)56-97(116(99)124-101)113-83(69-42-47-92-88-29-17-22-38-105(88)127-109(92)60-69)33-26-34-84(113)70-43-48-93-89-30-18-23-39-106(89)128-110(93)61-70/h16-68,124-125H,1-15H3/i16D,21D,28D,37D. The van der Waals surface area contributed by atoms with Crippen LogP contribution in [0.1, 0.15) is 137 Å². The molecule has 2 aliphatic heterocycles. The number of rotatable bonds is 9. The molecule has 0 fully saturated rings. The zero-order valence-electron chi connectivity index (χ0n) is 79.9. The molecule has 0 aliphatic carbocycles. The Morgan fingerprint density at radius 2 is 0.585 bits per heavy atom. The largest absolute Gasteiger partial charge is 0.456 e. The average Bonchev–Trinajstić information content (AvgIpc) is 1.18. The van der Waals surface area contributed by atoms with Crippen molar-refractivity contribution >= 4 is 155 Å². The van der Waals surface area contributed by atoms with E-state index >= 15 is 0 Å². The van der Waals surface area contributed by atoms with Crippen molar-refractivity contribution < 1.29 is 23.2 Å². The van der Waals surface area contributed by atoms with Gasteiger partial charge in [0.25, 0.3) is 6.71 Å². The highest BCUT2D eigenvalue weighted by molar-refractivity contribution is 7.00. The van der Waals surface area contributed by atoms with E-state index in [9.17, 15) is 5.48 Å². The Hall–Kier alpha value is -14.6. The molecule has 22 aromatic rings. The van der Waals surface area contributed by atoms with Gasteiger partial charge in [-0.15, -0.1) is 0 Å². The molecule has 2 N–H and O–H groups in total. The third-order valence-corrected chi connectivity index (χ3v) is 27.9. The van der Waals surface area contributed by atoms with Crippen molar-refractivity contribution in [2.24, 2.45) is 0 Å². The lowest BCUT2D eigenvalue weighted by Gasteiger charge is -2.38. The average molecular weight is 1690 g/mol. The summed E-state index contributed by atoms with van der Waals surface area (Å²) in [5.41, 5.74) is 35.2. The number of hydrogen-bond acceptors (Lipinski definition) is 6. The van der Waals surface area contributed by atoms with Gasteiger partial charge in [0.05, 0.1) is 22.2 Å². The number of furan rings is 4. The number of benzene rings is 17. The van der Waals surface area contributed by atoms with E-state index in [0.717, 1.165) is 232 Å². The van der Waals surface area contributed by atoms with E-state index in [1.807, 2.05) is 24.3 Å². The lowest BCUT2D eigenvalue weighted by molar-refractivity contribution is 0.568. The van der Waals surface area contributed by atoms with E-state index in [2.05, 4.69) is 392 Å². The van der Waals surface area contributed by atoms with Gasteiger partial charge >= 0.3 is 0 Å². The lowest BCUT2D eigenvalue weighted by atomic mass is 9.33. The summed E-state index contributed by atoms with van der Waals surface area (Å²) in [7, 11) is 0. The second-order valence-corrected chi connectivity index (χ2v) is 41.4. The molecule has 17 aromatic carbocycles. The highest BCUT2D eigenvalue weighted by Gasteiger charge is 2.43. The van der Waals surface area contributed by atoms with Gasteiger partial charge in [0.15, 0.2) is 0 Å². The van der Waals surface area contributed by atoms with Crippen molar-refractivity contribution in [1.82, 2.24) is 4.57 Å². The predicted molar refractivity (Wildman–Crippen MR) is 551 cm³/mol. The van der Waals surface area contributed by atoms with E-state index in [0.29, 0.717) is 16.6 Å². The summed E-state index contributed by atoms with van der Waals surface area (Å²) in [6, 6.07) is 108. The summed E-state index contributed by atoms with van der Waals surface area (Å²) in [6.07, 6.45) is 0. The van der Waals surface area contributed by atoms with Crippen LogP contribution in [0.15, 0.2) is 339 Å². The van der Waals surface area contributed by atoms with Gasteiger partial charge in [-0.05, 0) is 264 Å². The summed E-state index contributed by atoms with van der Waals surface area (Å²) in [4.78, 5) is 0. The first-order chi connectivity index (χ1) is 64.2. The summed E-state index contributed by atoms with van der Waals surface area (Å²) < 4.78 is 69.1. The minimum Gasteiger partial charge on any atom is -0.456 e. The van der Waals surface area contributed by atoms with Crippen molar-refractivity contribution in [2.45, 2.75) is 131 Å². The molecule has 0 saturated carbocycles. The molecule has 0 spiro atoms. The van der Waals surface area contributed by atoms with Crippen molar-refractivity contribution in [3.8, 4) is 94.7 Å². The van der Waals surface area contributed by atoms with Crippen LogP contribution in [0.2, 0.25) is 0 Å². The van der Waals surface area contributed by atoms with Crippen LogP contribution in [0, 0.1) is 0 Å². The monoisotopic (exact) mass is 1690 g/mol. The van der Waals surface area contributed by atoms with Crippen molar-refractivity contribution in [3.63, 3.8) is 0 Å². The maximum atomic E-state index is 10.3. The zero-order chi connectivity index (χ0) is 92.1. The normalized spacial score (nSPS) is 13.6. The van der Waals surface area contributed by atoms with Gasteiger partial charge in [-0.25, -0.2) is 0 Å². The molecule has 0 amide bonds. The molecule has 0 atom stereocenters. The van der Waals surface area contributed by atoms with E-state index in [4.69, 9.17) is 17.7 Å². The van der Waals surface area contributed by atoms with E-state index in [1.54, 1.807) is 0 Å². The lowest BCUT2D eigenvalue weighted by Crippen LogP contribution is -2.59. The number of nitrogens with one attached hydrogen (secondary N) is 2. The van der Waals surface area contributed by atoms with Crippen molar-refractivity contribution in [2.75, 3.05) is 10.6 Å². The number of nitrogens with zero attached hydrogens (tertiary/aromatic N) is 1. The first-order valence-electron chi connectivity index (χ1n) is 47.6. The molecule has 0 saturated heterocycles. The SMILES string of the molecule is [2H]c1c([2H])c([2H])c2c(c1[2H])c1cc(C(C)(C)C)ccc1n2-c1cc2c3c(c1)Nc1c(cc(-c4cc(C(C)(C)C)cc(C(C)(C)C)c4)cc1-c1c(-c4ccc5c(c4)oc4ccccc45)cccc1-c1ccc4c(c1)oc1ccccc14)B3c1cc(-c3cc(C(C)(C)C)cc(C(C)(C)C)c3)cc(-c3c(-c4ccc5c(c4)oc4ccccc45)cccc3-c3ccc4c(c3)oc3ccccc34)c1N2. The summed E-state index contributed by atoms with van der Waals surface area (Å²) in [6.45, 7) is 33.9. The molecule has 630 valence electrons. The number of hydrogen-bond donors (Lipinski definition) is 2. The third-order valence-electron chi connectivity index (χ3n) is 27.9. The highest BCUT2D eigenvalue weighted by Crippen LogP contribution is 2.54. The Morgan fingerprint density at radius 3 is 0.938 bits per heavy atom. The second-order valence-electron chi connectivity index (χ2n) is 41.4. The van der Waals surface area contributed by atoms with Gasteiger partial charge in [-0.2, -0.15) is 0 Å². The molecule has 0 bridgehead atoms. The van der Waals surface area contributed by atoms with Crippen LogP contribution in [0.4, 0.5) is 22.7 Å². The van der Waals surface area contributed by atoms with Crippen molar-refractivity contribution in [1.29, 1.82) is 0 Å². The maximum absolute atomic E-state index is 10.3. The molecule has 2 aliphatic rings. The number of fused-ring (bicyclic) bond motifs is 19. The first kappa shape index (κ1) is 74.5. The molecule has 0 radical (unpaired) electrons. The molecule has 130 heavy (non-hydrogen) atoms. The molecule has 8 heteroatoms. The van der Waals surface area contributed by atoms with Gasteiger partial charge in [-0.3, -0.25) is 0 Å². The Balaban J connectivity index is 0.879. The zero-order valence-corrected chi connectivity index (χ0v) is 75.9. The molecule has 24 rings (SSSR count). The highest BCUT2D eigenvalue weighted by atomic mass is 16.3. The predicted octanol–water partition coefficient (Wildman–Crippen LogP) is 32.8. The van der Waals surface area contributed by atoms with Gasteiger partial charge in [0.1, 0.15) is 44.7 Å². The third kappa shape index (κ3) is 12.7. The Labute approximate surface area is 763 Å². The van der Waals surface area contributed by atoms with Crippen LogP contribution >= 0.6 is 0 Å². The summed E-state index contributed by atoms with van der Waals surface area (Å²) in [5, 5.41) is 18.4. The fourth-order valence-electron chi connectivity index (χ4n) is 20.8. The van der Waals surface area contributed by atoms with Gasteiger partial charge in [-0.1, -0.05) is 310 Å².